The van der Waals surface area contributed by atoms with Gasteiger partial charge in [0.1, 0.15) is 17.9 Å². The summed E-state index contributed by atoms with van der Waals surface area (Å²) in [6.07, 6.45) is -0.941. The van der Waals surface area contributed by atoms with Crippen molar-refractivity contribution >= 4 is 17.8 Å². The van der Waals surface area contributed by atoms with E-state index in [2.05, 4.69) is 10.9 Å². The number of para-hydroxylation sites is 3. The van der Waals surface area contributed by atoms with E-state index in [1.807, 2.05) is 0 Å². The first-order chi connectivity index (χ1) is 13.0. The molecule has 2 aromatic rings. The second-order valence-corrected chi connectivity index (χ2v) is 5.49. The molecule has 0 bridgehead atoms. The summed E-state index contributed by atoms with van der Waals surface area (Å²) < 4.78 is 15.7. The number of esters is 1. The number of benzene rings is 2. The van der Waals surface area contributed by atoms with Gasteiger partial charge in [0.15, 0.2) is 18.1 Å². The Bertz CT molecular complexity index is 868. The van der Waals surface area contributed by atoms with Gasteiger partial charge in [0.25, 0.3) is 11.8 Å². The molecule has 0 spiro atoms. The quantitative estimate of drug-likeness (QED) is 0.529. The van der Waals surface area contributed by atoms with Crippen molar-refractivity contribution in [3.05, 3.63) is 54.1 Å². The molecule has 0 unspecified atom stereocenters. The topological polar surface area (TPSA) is 123 Å². The highest BCUT2D eigenvalue weighted by molar-refractivity contribution is 5.94. The van der Waals surface area contributed by atoms with Crippen molar-refractivity contribution in [3.8, 4) is 17.2 Å². The van der Waals surface area contributed by atoms with Gasteiger partial charge in [-0.25, -0.2) is 4.79 Å². The number of amides is 2. The average molecular weight is 372 g/mol. The fraction of sp³-hybridized carbons (Fsp3) is 0.167. The Kier molecular flexibility index (Phi) is 5.41. The number of aromatic hydroxyl groups is 1. The summed E-state index contributed by atoms with van der Waals surface area (Å²) in [6, 6.07) is 12.7. The minimum absolute atomic E-state index is 0.0129. The molecule has 2 amide bonds. The van der Waals surface area contributed by atoms with Gasteiger partial charge in [-0.05, 0) is 24.3 Å². The van der Waals surface area contributed by atoms with Gasteiger partial charge in [-0.2, -0.15) is 0 Å². The number of carbonyl (C=O) groups is 3. The molecule has 3 N–H and O–H groups in total. The SMILES string of the molecule is O=C(COC(=O)c1ccccc1O)NNC(=O)[C@@H]1COc2ccccc2O1. The van der Waals surface area contributed by atoms with Crippen LogP contribution in [0.25, 0.3) is 0 Å². The number of phenolic OH excluding ortho intramolecular Hbond substituents is 1. The first-order valence-electron chi connectivity index (χ1n) is 7.97. The molecule has 3 rings (SSSR count). The number of phenols is 1. The lowest BCUT2D eigenvalue weighted by atomic mass is 10.2. The minimum Gasteiger partial charge on any atom is -0.507 e. The molecule has 2 aromatic carbocycles. The molecule has 9 heteroatoms. The first-order valence-corrected chi connectivity index (χ1v) is 7.97. The van der Waals surface area contributed by atoms with E-state index in [9.17, 15) is 19.5 Å². The number of rotatable bonds is 4. The van der Waals surface area contributed by atoms with Crippen LogP contribution in [0.15, 0.2) is 48.5 Å². The highest BCUT2D eigenvalue weighted by Gasteiger charge is 2.27. The molecular weight excluding hydrogens is 356 g/mol. The predicted octanol–water partition coefficient (Wildman–Crippen LogP) is 0.536. The van der Waals surface area contributed by atoms with Crippen LogP contribution in [0.4, 0.5) is 0 Å². The van der Waals surface area contributed by atoms with Crippen LogP contribution < -0.4 is 20.3 Å². The van der Waals surface area contributed by atoms with Gasteiger partial charge in [0.2, 0.25) is 6.10 Å². The molecular formula is C18H16N2O7. The third kappa shape index (κ3) is 4.46. The number of ether oxygens (including phenoxy) is 3. The van der Waals surface area contributed by atoms with Gasteiger partial charge in [-0.15, -0.1) is 0 Å². The minimum atomic E-state index is -0.941. The van der Waals surface area contributed by atoms with Gasteiger partial charge < -0.3 is 19.3 Å². The average Bonchev–Trinajstić information content (AvgIpc) is 2.70. The molecule has 0 radical (unpaired) electrons. The van der Waals surface area contributed by atoms with Crippen molar-refractivity contribution in [2.24, 2.45) is 0 Å². The van der Waals surface area contributed by atoms with Crippen molar-refractivity contribution < 1.29 is 33.7 Å². The predicted molar refractivity (Wildman–Crippen MR) is 91.0 cm³/mol. The first kappa shape index (κ1) is 18.1. The third-order valence-corrected chi connectivity index (χ3v) is 3.58. The fourth-order valence-electron chi connectivity index (χ4n) is 2.25. The van der Waals surface area contributed by atoms with Gasteiger partial charge >= 0.3 is 5.97 Å². The summed E-state index contributed by atoms with van der Waals surface area (Å²) in [7, 11) is 0. The Morgan fingerprint density at radius 2 is 1.74 bits per heavy atom. The number of fused-ring (bicyclic) bond motifs is 1. The number of hydrogen-bond acceptors (Lipinski definition) is 7. The Balaban J connectivity index is 1.43. The summed E-state index contributed by atoms with van der Waals surface area (Å²) in [4.78, 5) is 35.5. The summed E-state index contributed by atoms with van der Waals surface area (Å²) in [5.41, 5.74) is 4.22. The standard InChI is InChI=1S/C18H16N2O7/c21-12-6-2-1-5-11(12)18(24)26-10-16(22)19-20-17(23)15-9-25-13-7-3-4-8-14(13)27-15/h1-8,15,21H,9-10H2,(H,19,22)(H,20,23)/t15-/m0/s1. The smallest absolute Gasteiger partial charge is 0.342 e. The maximum absolute atomic E-state index is 12.0. The lowest BCUT2D eigenvalue weighted by Gasteiger charge is -2.25. The van der Waals surface area contributed by atoms with E-state index in [-0.39, 0.29) is 17.9 Å². The number of hydrogen-bond donors (Lipinski definition) is 3. The van der Waals surface area contributed by atoms with Crippen LogP contribution in [-0.4, -0.2) is 42.2 Å². The summed E-state index contributed by atoms with van der Waals surface area (Å²) in [5, 5.41) is 9.55. The summed E-state index contributed by atoms with van der Waals surface area (Å²) >= 11 is 0. The monoisotopic (exact) mass is 372 g/mol. The normalized spacial score (nSPS) is 14.7. The summed E-state index contributed by atoms with van der Waals surface area (Å²) in [5.74, 6) is -1.55. The molecule has 27 heavy (non-hydrogen) atoms. The lowest BCUT2D eigenvalue weighted by molar-refractivity contribution is -0.135. The van der Waals surface area contributed by atoms with E-state index in [0.29, 0.717) is 11.5 Å². The Hall–Kier alpha value is -3.75. The van der Waals surface area contributed by atoms with Crippen molar-refractivity contribution in [2.45, 2.75) is 6.10 Å². The van der Waals surface area contributed by atoms with Gasteiger partial charge in [0, 0.05) is 0 Å². The van der Waals surface area contributed by atoms with Crippen LogP contribution in [0.3, 0.4) is 0 Å². The second kappa shape index (κ2) is 8.09. The van der Waals surface area contributed by atoms with Gasteiger partial charge in [-0.1, -0.05) is 24.3 Å². The molecule has 0 fully saturated rings. The van der Waals surface area contributed by atoms with Crippen LogP contribution >= 0.6 is 0 Å². The lowest BCUT2D eigenvalue weighted by Crippen LogP contribution is -2.51. The number of hydrazine groups is 1. The second-order valence-electron chi connectivity index (χ2n) is 5.49. The number of nitrogens with one attached hydrogen (secondary N) is 2. The van der Waals surface area contributed by atoms with Gasteiger partial charge in [0.05, 0.1) is 0 Å². The molecule has 9 nitrogen and oxygen atoms in total. The van der Waals surface area contributed by atoms with Crippen molar-refractivity contribution in [1.29, 1.82) is 0 Å². The van der Waals surface area contributed by atoms with Gasteiger partial charge in [-0.3, -0.25) is 20.4 Å². The Morgan fingerprint density at radius 3 is 2.52 bits per heavy atom. The zero-order valence-corrected chi connectivity index (χ0v) is 14.0. The largest absolute Gasteiger partial charge is 0.507 e. The maximum atomic E-state index is 12.0. The molecule has 0 saturated heterocycles. The van der Waals surface area contributed by atoms with E-state index in [0.717, 1.165) is 0 Å². The molecule has 0 saturated carbocycles. The van der Waals surface area contributed by atoms with E-state index in [1.165, 1.54) is 12.1 Å². The molecule has 0 aliphatic carbocycles. The van der Waals surface area contributed by atoms with E-state index < -0.39 is 30.5 Å². The third-order valence-electron chi connectivity index (χ3n) is 3.58. The highest BCUT2D eigenvalue weighted by atomic mass is 16.6. The molecule has 1 atom stereocenters. The maximum Gasteiger partial charge on any atom is 0.342 e. The molecule has 0 aromatic heterocycles. The van der Waals surface area contributed by atoms with E-state index in [1.54, 1.807) is 36.4 Å². The zero-order valence-electron chi connectivity index (χ0n) is 14.0. The molecule has 140 valence electrons. The Labute approximate surface area is 153 Å². The van der Waals surface area contributed by atoms with E-state index >= 15 is 0 Å². The Morgan fingerprint density at radius 1 is 1.04 bits per heavy atom. The highest BCUT2D eigenvalue weighted by Crippen LogP contribution is 2.30. The van der Waals surface area contributed by atoms with E-state index in [4.69, 9.17) is 14.2 Å². The van der Waals surface area contributed by atoms with Crippen molar-refractivity contribution in [2.75, 3.05) is 13.2 Å². The van der Waals surface area contributed by atoms with Crippen molar-refractivity contribution in [1.82, 2.24) is 10.9 Å². The van der Waals surface area contributed by atoms with Crippen LogP contribution in [0, 0.1) is 0 Å². The van der Waals surface area contributed by atoms with Crippen molar-refractivity contribution in [3.63, 3.8) is 0 Å². The van der Waals surface area contributed by atoms with Crippen LogP contribution in [0.1, 0.15) is 10.4 Å². The summed E-state index contributed by atoms with van der Waals surface area (Å²) in [6.45, 7) is -0.653. The van der Waals surface area contributed by atoms with Crippen LogP contribution in [0.2, 0.25) is 0 Å². The van der Waals surface area contributed by atoms with Crippen LogP contribution in [-0.2, 0) is 14.3 Å². The van der Waals surface area contributed by atoms with Crippen LogP contribution in [0.5, 0.6) is 17.2 Å². The molecule has 1 aliphatic heterocycles. The molecule has 1 heterocycles. The number of carbonyl (C=O) groups excluding carboxylic acids is 3. The molecule has 1 aliphatic rings. The zero-order chi connectivity index (χ0) is 19.2. The fourth-order valence-corrected chi connectivity index (χ4v) is 2.25.